The summed E-state index contributed by atoms with van der Waals surface area (Å²) in [6, 6.07) is 6.16. The molecule has 0 amide bonds. The maximum atomic E-state index is 6.09. The van der Waals surface area contributed by atoms with Gasteiger partial charge < -0.3 is 4.65 Å². The summed E-state index contributed by atoms with van der Waals surface area (Å²) in [4.78, 5) is 0. The van der Waals surface area contributed by atoms with E-state index in [2.05, 4.69) is 53.2 Å². The number of hydrogen-bond acceptors (Lipinski definition) is 2. The Hall–Kier alpha value is -0.855. The van der Waals surface area contributed by atoms with Gasteiger partial charge in [-0.3, -0.25) is 5.10 Å². The van der Waals surface area contributed by atoms with Gasteiger partial charge in [0.2, 0.25) is 0 Å². The minimum absolute atomic E-state index is 0.0227. The standard InChI is InChI=1S/C13H20BN2OP/c1-12(2,13(3,4)18)17-14-10-7-5-6-9-8-15-16-11(9)10/h5-8,14H,18H2,1-4H3,(H,15,16). The Morgan fingerprint density at radius 1 is 1.28 bits per heavy atom. The highest BCUT2D eigenvalue weighted by Gasteiger charge is 2.33. The van der Waals surface area contributed by atoms with Gasteiger partial charge in [0.15, 0.2) is 0 Å². The minimum atomic E-state index is -0.208. The quantitative estimate of drug-likeness (QED) is 0.675. The monoisotopic (exact) mass is 262 g/mol. The van der Waals surface area contributed by atoms with Gasteiger partial charge in [-0.05, 0) is 19.3 Å². The second-order valence-electron chi connectivity index (χ2n) is 5.77. The first-order valence-corrected chi connectivity index (χ1v) is 6.73. The lowest BCUT2D eigenvalue weighted by Gasteiger charge is -2.39. The number of benzene rings is 1. The van der Waals surface area contributed by atoms with Crippen molar-refractivity contribution in [1.29, 1.82) is 0 Å². The lowest BCUT2D eigenvalue weighted by atomic mass is 9.83. The Morgan fingerprint density at radius 3 is 2.67 bits per heavy atom. The van der Waals surface area contributed by atoms with Crippen molar-refractivity contribution in [2.45, 2.75) is 38.5 Å². The number of nitrogens with zero attached hydrogens (tertiary/aromatic N) is 1. The summed E-state index contributed by atoms with van der Waals surface area (Å²) >= 11 is 0. The van der Waals surface area contributed by atoms with E-state index < -0.39 is 0 Å². The second kappa shape index (κ2) is 4.67. The molecule has 96 valence electrons. The van der Waals surface area contributed by atoms with Crippen molar-refractivity contribution in [2.24, 2.45) is 0 Å². The average molecular weight is 262 g/mol. The van der Waals surface area contributed by atoms with Crippen LogP contribution in [-0.2, 0) is 4.65 Å². The summed E-state index contributed by atoms with van der Waals surface area (Å²) in [5, 5.41) is 8.25. The fourth-order valence-corrected chi connectivity index (χ4v) is 1.68. The van der Waals surface area contributed by atoms with Crippen LogP contribution in [0.2, 0.25) is 0 Å². The van der Waals surface area contributed by atoms with Gasteiger partial charge in [-0.15, -0.1) is 9.24 Å². The fourth-order valence-electron chi connectivity index (χ4n) is 1.59. The number of nitrogens with one attached hydrogen (secondary N) is 1. The van der Waals surface area contributed by atoms with Crippen LogP contribution in [0.5, 0.6) is 0 Å². The van der Waals surface area contributed by atoms with Crippen molar-refractivity contribution in [3.05, 3.63) is 24.4 Å². The zero-order chi connectivity index (χ0) is 13.4. The highest BCUT2D eigenvalue weighted by molar-refractivity contribution is 7.19. The number of aromatic nitrogens is 2. The van der Waals surface area contributed by atoms with Crippen molar-refractivity contribution in [3.8, 4) is 0 Å². The first-order valence-electron chi connectivity index (χ1n) is 6.15. The SMILES string of the molecule is CC(C)(P)C(C)(C)OBc1cccc2cn[nH]c12. The van der Waals surface area contributed by atoms with Crippen LogP contribution >= 0.6 is 9.24 Å². The summed E-state index contributed by atoms with van der Waals surface area (Å²) in [5.41, 5.74) is 2.00. The maximum absolute atomic E-state index is 6.09. The highest BCUT2D eigenvalue weighted by atomic mass is 31.0. The number of fused-ring (bicyclic) bond motifs is 1. The van der Waals surface area contributed by atoms with Crippen LogP contribution in [0.15, 0.2) is 24.4 Å². The van der Waals surface area contributed by atoms with Crippen LogP contribution in [0.25, 0.3) is 10.9 Å². The molecule has 1 atom stereocenters. The molecule has 1 aromatic carbocycles. The largest absolute Gasteiger partial charge is 0.429 e. The zero-order valence-electron chi connectivity index (χ0n) is 11.4. The minimum Gasteiger partial charge on any atom is -0.429 e. The van der Waals surface area contributed by atoms with Gasteiger partial charge in [-0.1, -0.05) is 32.0 Å². The molecule has 0 saturated carbocycles. The van der Waals surface area contributed by atoms with Gasteiger partial charge in [0, 0.05) is 10.5 Å². The summed E-state index contributed by atoms with van der Waals surface area (Å²) in [6.45, 7) is 8.56. The zero-order valence-corrected chi connectivity index (χ0v) is 12.6. The normalized spacial score (nSPS) is 12.9. The average Bonchev–Trinajstić information content (AvgIpc) is 2.73. The Balaban J connectivity index is 2.18. The summed E-state index contributed by atoms with van der Waals surface area (Å²) < 4.78 is 6.09. The molecule has 1 aromatic heterocycles. The third kappa shape index (κ3) is 2.60. The van der Waals surface area contributed by atoms with Crippen molar-refractivity contribution in [1.82, 2.24) is 10.2 Å². The third-order valence-corrected chi connectivity index (χ3v) is 4.40. The van der Waals surface area contributed by atoms with Crippen molar-refractivity contribution < 1.29 is 4.65 Å². The van der Waals surface area contributed by atoms with Gasteiger partial charge in [-0.25, -0.2) is 0 Å². The molecule has 0 fully saturated rings. The lowest BCUT2D eigenvalue weighted by Crippen LogP contribution is -2.45. The second-order valence-corrected chi connectivity index (χ2v) is 7.22. The molecule has 3 nitrogen and oxygen atoms in total. The topological polar surface area (TPSA) is 37.9 Å². The predicted octanol–water partition coefficient (Wildman–Crippen LogP) is 1.99. The van der Waals surface area contributed by atoms with Crippen LogP contribution < -0.4 is 5.46 Å². The van der Waals surface area contributed by atoms with Crippen LogP contribution in [-0.4, -0.2) is 28.4 Å². The lowest BCUT2D eigenvalue weighted by molar-refractivity contribution is 0.0841. The molecule has 0 bridgehead atoms. The van der Waals surface area contributed by atoms with E-state index in [1.165, 1.54) is 0 Å². The van der Waals surface area contributed by atoms with Crippen LogP contribution in [0, 0.1) is 0 Å². The van der Waals surface area contributed by atoms with E-state index in [1.807, 2.05) is 18.3 Å². The van der Waals surface area contributed by atoms with E-state index >= 15 is 0 Å². The Kier molecular flexibility index (Phi) is 3.53. The van der Waals surface area contributed by atoms with Crippen molar-refractivity contribution in [3.63, 3.8) is 0 Å². The predicted molar refractivity (Wildman–Crippen MR) is 81.8 cm³/mol. The van der Waals surface area contributed by atoms with Gasteiger partial charge in [0.25, 0.3) is 0 Å². The molecular formula is C13H20BN2OP. The molecule has 2 aromatic rings. The number of aromatic amines is 1. The van der Waals surface area contributed by atoms with Crippen LogP contribution in [0.1, 0.15) is 27.7 Å². The Labute approximate surface area is 111 Å². The molecule has 5 heteroatoms. The van der Waals surface area contributed by atoms with E-state index in [0.29, 0.717) is 7.48 Å². The molecule has 0 radical (unpaired) electrons. The summed E-state index contributed by atoms with van der Waals surface area (Å²) in [5.74, 6) is 0. The fraction of sp³-hybridized carbons (Fsp3) is 0.462. The summed E-state index contributed by atoms with van der Waals surface area (Å²) in [6.07, 6.45) is 1.84. The Morgan fingerprint density at radius 2 is 2.00 bits per heavy atom. The molecule has 0 aliphatic rings. The first kappa shape index (κ1) is 13.6. The molecular weight excluding hydrogens is 242 g/mol. The van der Waals surface area contributed by atoms with Gasteiger partial charge >= 0.3 is 7.48 Å². The molecule has 0 aliphatic heterocycles. The number of para-hydroxylation sites is 1. The van der Waals surface area contributed by atoms with Crippen molar-refractivity contribution >= 4 is 33.1 Å². The molecule has 1 unspecified atom stereocenters. The van der Waals surface area contributed by atoms with Crippen molar-refractivity contribution in [2.75, 3.05) is 0 Å². The van der Waals surface area contributed by atoms with Crippen LogP contribution in [0.4, 0.5) is 0 Å². The molecule has 0 spiro atoms. The van der Waals surface area contributed by atoms with E-state index in [1.54, 1.807) is 0 Å². The van der Waals surface area contributed by atoms with E-state index in [4.69, 9.17) is 4.65 Å². The van der Waals surface area contributed by atoms with E-state index in [0.717, 1.165) is 16.4 Å². The molecule has 18 heavy (non-hydrogen) atoms. The molecule has 2 rings (SSSR count). The molecule has 0 saturated heterocycles. The molecule has 0 aliphatic carbocycles. The first-order chi connectivity index (χ1) is 8.31. The van der Waals surface area contributed by atoms with Gasteiger partial charge in [0.05, 0.1) is 17.3 Å². The van der Waals surface area contributed by atoms with Gasteiger partial charge in [-0.2, -0.15) is 5.10 Å². The highest BCUT2D eigenvalue weighted by Crippen LogP contribution is 2.33. The smallest absolute Gasteiger partial charge is 0.311 e. The van der Waals surface area contributed by atoms with Crippen LogP contribution in [0.3, 0.4) is 0 Å². The van der Waals surface area contributed by atoms with E-state index in [9.17, 15) is 0 Å². The molecule has 1 heterocycles. The van der Waals surface area contributed by atoms with Gasteiger partial charge in [0.1, 0.15) is 0 Å². The number of H-pyrrole nitrogens is 1. The third-order valence-electron chi connectivity index (χ3n) is 3.70. The summed E-state index contributed by atoms with van der Waals surface area (Å²) in [7, 11) is 3.44. The number of rotatable bonds is 4. The number of hydrogen-bond donors (Lipinski definition) is 1. The maximum Gasteiger partial charge on any atom is 0.311 e. The molecule has 1 N–H and O–H groups in total. The Bertz CT molecular complexity index is 545. The van der Waals surface area contributed by atoms with E-state index in [-0.39, 0.29) is 10.8 Å².